The lowest BCUT2D eigenvalue weighted by atomic mass is 9.71. The SMILES string of the molecule is CC1(C)[C@@H]2CC[C@]1(C)C[C@@H]2CO. The molecule has 0 radical (unpaired) electrons. The molecule has 2 bridgehead atoms. The Kier molecular flexibility index (Phi) is 1.61. The summed E-state index contributed by atoms with van der Waals surface area (Å²) in [5, 5.41) is 9.23. The molecule has 0 heterocycles. The van der Waals surface area contributed by atoms with Crippen molar-refractivity contribution in [2.24, 2.45) is 22.7 Å². The van der Waals surface area contributed by atoms with Crippen LogP contribution in [0.4, 0.5) is 0 Å². The van der Waals surface area contributed by atoms with Gasteiger partial charge in [-0.1, -0.05) is 20.8 Å². The molecule has 0 saturated heterocycles. The zero-order valence-corrected chi connectivity index (χ0v) is 8.43. The smallest absolute Gasteiger partial charge is 0.0462 e. The molecular weight excluding hydrogens is 148 g/mol. The van der Waals surface area contributed by atoms with Crippen LogP contribution >= 0.6 is 0 Å². The van der Waals surface area contributed by atoms with Crippen molar-refractivity contribution in [2.45, 2.75) is 40.0 Å². The summed E-state index contributed by atoms with van der Waals surface area (Å²) in [6.45, 7) is 7.59. The first kappa shape index (κ1) is 8.55. The fourth-order valence-electron chi connectivity index (χ4n) is 3.71. The molecule has 1 nitrogen and oxygen atoms in total. The van der Waals surface area contributed by atoms with Gasteiger partial charge in [0.15, 0.2) is 0 Å². The van der Waals surface area contributed by atoms with Crippen LogP contribution in [-0.4, -0.2) is 11.7 Å². The molecule has 0 aliphatic heterocycles. The molecule has 12 heavy (non-hydrogen) atoms. The van der Waals surface area contributed by atoms with Crippen molar-refractivity contribution in [3.8, 4) is 0 Å². The fourth-order valence-corrected chi connectivity index (χ4v) is 3.71. The van der Waals surface area contributed by atoms with Crippen molar-refractivity contribution < 1.29 is 5.11 Å². The van der Waals surface area contributed by atoms with E-state index in [0.29, 0.717) is 23.4 Å². The minimum absolute atomic E-state index is 0.406. The highest BCUT2D eigenvalue weighted by molar-refractivity contribution is 5.09. The molecule has 2 saturated carbocycles. The van der Waals surface area contributed by atoms with E-state index in [2.05, 4.69) is 20.8 Å². The van der Waals surface area contributed by atoms with Gasteiger partial charge in [-0.05, 0) is 41.9 Å². The van der Waals surface area contributed by atoms with Crippen LogP contribution in [0.2, 0.25) is 0 Å². The van der Waals surface area contributed by atoms with Gasteiger partial charge in [-0.25, -0.2) is 0 Å². The van der Waals surface area contributed by atoms with Gasteiger partial charge in [0.05, 0.1) is 0 Å². The van der Waals surface area contributed by atoms with Gasteiger partial charge in [0, 0.05) is 6.61 Å². The Balaban J connectivity index is 2.30. The van der Waals surface area contributed by atoms with Crippen molar-refractivity contribution in [2.75, 3.05) is 6.61 Å². The van der Waals surface area contributed by atoms with Gasteiger partial charge < -0.3 is 5.11 Å². The number of hydrogen-bond acceptors (Lipinski definition) is 1. The van der Waals surface area contributed by atoms with Crippen LogP contribution in [0.1, 0.15) is 40.0 Å². The summed E-state index contributed by atoms with van der Waals surface area (Å²) in [6, 6.07) is 0. The van der Waals surface area contributed by atoms with E-state index in [4.69, 9.17) is 0 Å². The first-order valence-corrected chi connectivity index (χ1v) is 5.12. The summed E-state index contributed by atoms with van der Waals surface area (Å²) in [7, 11) is 0. The molecule has 3 atom stereocenters. The molecule has 1 heteroatoms. The molecule has 0 unspecified atom stereocenters. The molecule has 0 spiro atoms. The highest BCUT2D eigenvalue weighted by atomic mass is 16.3. The molecule has 0 aromatic carbocycles. The second kappa shape index (κ2) is 2.25. The molecular formula is C11H20O. The molecule has 0 aromatic heterocycles. The largest absolute Gasteiger partial charge is 0.396 e. The quantitative estimate of drug-likeness (QED) is 0.637. The van der Waals surface area contributed by atoms with E-state index in [-0.39, 0.29) is 0 Å². The van der Waals surface area contributed by atoms with Crippen molar-refractivity contribution in [3.05, 3.63) is 0 Å². The molecule has 2 fully saturated rings. The maximum Gasteiger partial charge on any atom is 0.0462 e. The van der Waals surface area contributed by atoms with E-state index < -0.39 is 0 Å². The number of hydrogen-bond donors (Lipinski definition) is 1. The predicted octanol–water partition coefficient (Wildman–Crippen LogP) is 2.44. The Bertz CT molecular complexity index is 194. The van der Waals surface area contributed by atoms with E-state index in [1.54, 1.807) is 0 Å². The average molecular weight is 168 g/mol. The highest BCUT2D eigenvalue weighted by Crippen LogP contribution is 2.67. The second-order valence-electron chi connectivity index (χ2n) is 5.57. The average Bonchev–Trinajstić information content (AvgIpc) is 2.33. The lowest BCUT2D eigenvalue weighted by Gasteiger charge is -2.34. The van der Waals surface area contributed by atoms with Crippen LogP contribution in [-0.2, 0) is 0 Å². The molecule has 70 valence electrons. The van der Waals surface area contributed by atoms with Gasteiger partial charge in [-0.2, -0.15) is 0 Å². The fraction of sp³-hybridized carbons (Fsp3) is 1.00. The third kappa shape index (κ3) is 0.783. The topological polar surface area (TPSA) is 20.2 Å². The maximum atomic E-state index is 9.23. The highest BCUT2D eigenvalue weighted by Gasteiger charge is 2.59. The maximum absolute atomic E-state index is 9.23. The Morgan fingerprint density at radius 2 is 2.00 bits per heavy atom. The zero-order valence-electron chi connectivity index (χ0n) is 8.43. The monoisotopic (exact) mass is 168 g/mol. The van der Waals surface area contributed by atoms with Gasteiger partial charge in [0.25, 0.3) is 0 Å². The second-order valence-corrected chi connectivity index (χ2v) is 5.57. The molecule has 0 amide bonds. The summed E-state index contributed by atoms with van der Waals surface area (Å²) in [5.74, 6) is 1.38. The number of fused-ring (bicyclic) bond motifs is 2. The number of aliphatic hydroxyl groups is 1. The Morgan fingerprint density at radius 3 is 2.25 bits per heavy atom. The number of aliphatic hydroxyl groups excluding tert-OH is 1. The summed E-state index contributed by atoms with van der Waals surface area (Å²) in [4.78, 5) is 0. The molecule has 2 aliphatic carbocycles. The van der Waals surface area contributed by atoms with Crippen LogP contribution in [0.25, 0.3) is 0 Å². The van der Waals surface area contributed by atoms with Gasteiger partial charge >= 0.3 is 0 Å². The van der Waals surface area contributed by atoms with Crippen LogP contribution in [0.5, 0.6) is 0 Å². The first-order valence-electron chi connectivity index (χ1n) is 5.12. The number of rotatable bonds is 1. The summed E-state index contributed by atoms with van der Waals surface area (Å²) in [6.07, 6.45) is 3.97. The lowest BCUT2D eigenvalue weighted by molar-refractivity contribution is 0.149. The predicted molar refractivity (Wildman–Crippen MR) is 49.8 cm³/mol. The summed E-state index contributed by atoms with van der Waals surface area (Å²) < 4.78 is 0. The van der Waals surface area contributed by atoms with Gasteiger partial charge in [-0.15, -0.1) is 0 Å². The molecule has 2 aliphatic rings. The Labute approximate surface area is 75.2 Å². The van der Waals surface area contributed by atoms with Crippen LogP contribution in [0, 0.1) is 22.7 Å². The summed E-state index contributed by atoms with van der Waals surface area (Å²) in [5.41, 5.74) is 0.992. The van der Waals surface area contributed by atoms with E-state index in [1.807, 2.05) is 0 Å². The van der Waals surface area contributed by atoms with Crippen LogP contribution in [0.3, 0.4) is 0 Å². The molecule has 1 N–H and O–H groups in total. The van der Waals surface area contributed by atoms with Crippen molar-refractivity contribution in [1.82, 2.24) is 0 Å². The van der Waals surface area contributed by atoms with E-state index in [0.717, 1.165) is 5.92 Å². The van der Waals surface area contributed by atoms with Crippen LogP contribution in [0.15, 0.2) is 0 Å². The van der Waals surface area contributed by atoms with Gasteiger partial charge in [0.2, 0.25) is 0 Å². The van der Waals surface area contributed by atoms with E-state index in [9.17, 15) is 5.11 Å². The Morgan fingerprint density at radius 1 is 1.33 bits per heavy atom. The third-order valence-corrected chi connectivity index (χ3v) is 5.01. The lowest BCUT2D eigenvalue weighted by Crippen LogP contribution is -2.26. The van der Waals surface area contributed by atoms with Gasteiger partial charge in [-0.3, -0.25) is 0 Å². The molecule has 0 aromatic rings. The van der Waals surface area contributed by atoms with Crippen LogP contribution < -0.4 is 0 Å². The van der Waals surface area contributed by atoms with Crippen molar-refractivity contribution in [3.63, 3.8) is 0 Å². The Hall–Kier alpha value is -0.0400. The van der Waals surface area contributed by atoms with E-state index in [1.165, 1.54) is 19.3 Å². The summed E-state index contributed by atoms with van der Waals surface area (Å²) >= 11 is 0. The first-order chi connectivity index (χ1) is 5.51. The van der Waals surface area contributed by atoms with Gasteiger partial charge in [0.1, 0.15) is 0 Å². The zero-order chi connectivity index (χ0) is 8.98. The van der Waals surface area contributed by atoms with Crippen molar-refractivity contribution >= 4 is 0 Å². The van der Waals surface area contributed by atoms with Crippen molar-refractivity contribution in [1.29, 1.82) is 0 Å². The standard InChI is InChI=1S/C11H20O/c1-10(2)9-4-5-11(10,3)6-8(9)7-12/h8-9,12H,4-7H2,1-3H3/t8-,9-,11-/m1/s1. The molecule has 2 rings (SSSR count). The normalized spacial score (nSPS) is 50.0. The minimum atomic E-state index is 0.406. The minimum Gasteiger partial charge on any atom is -0.396 e. The van der Waals surface area contributed by atoms with E-state index >= 15 is 0 Å². The third-order valence-electron chi connectivity index (χ3n) is 5.01.